The number of carbonyl (C=O) groups is 1. The predicted molar refractivity (Wildman–Crippen MR) is 65.4 cm³/mol. The quantitative estimate of drug-likeness (QED) is 0.848. The van der Waals surface area contributed by atoms with Crippen LogP contribution < -0.4 is 5.73 Å². The van der Waals surface area contributed by atoms with Gasteiger partial charge < -0.3 is 5.73 Å². The zero-order valence-corrected chi connectivity index (χ0v) is 9.24. The monoisotopic (exact) mass is 231 g/mol. The zero-order valence-electron chi connectivity index (χ0n) is 8.48. The second-order valence-electron chi connectivity index (χ2n) is 3.45. The van der Waals surface area contributed by atoms with Crippen molar-refractivity contribution >= 4 is 17.5 Å². The molecule has 0 saturated carbocycles. The molecule has 0 aliphatic rings. The number of hydrogen-bond acceptors (Lipinski definition) is 1. The van der Waals surface area contributed by atoms with Crippen LogP contribution in [0.25, 0.3) is 11.1 Å². The van der Waals surface area contributed by atoms with Gasteiger partial charge in [-0.15, -0.1) is 0 Å². The fraction of sp³-hybridized carbons (Fsp3) is 0. The Morgan fingerprint density at radius 2 is 1.69 bits per heavy atom. The van der Waals surface area contributed by atoms with E-state index in [0.29, 0.717) is 10.6 Å². The van der Waals surface area contributed by atoms with Gasteiger partial charge in [-0.05, 0) is 35.4 Å². The van der Waals surface area contributed by atoms with Gasteiger partial charge in [0, 0.05) is 10.6 Å². The van der Waals surface area contributed by atoms with Crippen molar-refractivity contribution in [2.24, 2.45) is 5.73 Å². The van der Waals surface area contributed by atoms with Crippen LogP contribution >= 0.6 is 11.6 Å². The van der Waals surface area contributed by atoms with E-state index in [2.05, 4.69) is 0 Å². The number of halogens is 1. The highest BCUT2D eigenvalue weighted by molar-refractivity contribution is 6.30. The third-order valence-electron chi connectivity index (χ3n) is 2.32. The van der Waals surface area contributed by atoms with Crippen LogP contribution in [0.2, 0.25) is 5.02 Å². The lowest BCUT2D eigenvalue weighted by atomic mass is 10.0. The van der Waals surface area contributed by atoms with Crippen LogP contribution in [-0.2, 0) is 0 Å². The molecule has 0 fully saturated rings. The Morgan fingerprint density at radius 1 is 1.00 bits per heavy atom. The molecule has 0 saturated heterocycles. The molecule has 0 bridgehead atoms. The molecule has 0 aromatic heterocycles. The summed E-state index contributed by atoms with van der Waals surface area (Å²) in [5.41, 5.74) is 7.69. The molecule has 0 aliphatic carbocycles. The number of amides is 1. The topological polar surface area (TPSA) is 43.1 Å². The molecule has 0 unspecified atom stereocenters. The van der Waals surface area contributed by atoms with E-state index in [0.717, 1.165) is 11.1 Å². The average molecular weight is 232 g/mol. The number of rotatable bonds is 2. The van der Waals surface area contributed by atoms with Crippen molar-refractivity contribution in [2.45, 2.75) is 0 Å². The lowest BCUT2D eigenvalue weighted by Crippen LogP contribution is -2.10. The largest absolute Gasteiger partial charge is 0.366 e. The highest BCUT2D eigenvalue weighted by Crippen LogP contribution is 2.22. The van der Waals surface area contributed by atoms with Gasteiger partial charge in [0.1, 0.15) is 0 Å². The molecule has 3 heteroatoms. The summed E-state index contributed by atoms with van der Waals surface area (Å²) in [6, 6.07) is 14.6. The fourth-order valence-corrected chi connectivity index (χ4v) is 1.62. The van der Waals surface area contributed by atoms with Crippen LogP contribution in [0.15, 0.2) is 48.5 Å². The van der Waals surface area contributed by atoms with Gasteiger partial charge in [-0.3, -0.25) is 4.79 Å². The van der Waals surface area contributed by atoms with Crippen molar-refractivity contribution < 1.29 is 4.79 Å². The Bertz CT molecular complexity index is 520. The maximum atomic E-state index is 11.0. The second kappa shape index (κ2) is 4.37. The molecule has 2 nitrogen and oxygen atoms in total. The van der Waals surface area contributed by atoms with Crippen molar-refractivity contribution in [3.8, 4) is 11.1 Å². The van der Waals surface area contributed by atoms with E-state index < -0.39 is 5.91 Å². The first-order valence-electron chi connectivity index (χ1n) is 4.82. The summed E-state index contributed by atoms with van der Waals surface area (Å²) in [4.78, 5) is 11.0. The molecule has 2 aromatic carbocycles. The van der Waals surface area contributed by atoms with E-state index in [1.54, 1.807) is 12.1 Å². The van der Waals surface area contributed by atoms with Gasteiger partial charge in [0.25, 0.3) is 0 Å². The molecular weight excluding hydrogens is 222 g/mol. The van der Waals surface area contributed by atoms with Crippen molar-refractivity contribution in [3.05, 3.63) is 59.1 Å². The highest BCUT2D eigenvalue weighted by atomic mass is 35.5. The minimum atomic E-state index is -0.421. The van der Waals surface area contributed by atoms with Gasteiger partial charge in [0.15, 0.2) is 0 Å². The van der Waals surface area contributed by atoms with E-state index in [-0.39, 0.29) is 0 Å². The van der Waals surface area contributed by atoms with Crippen molar-refractivity contribution in [3.63, 3.8) is 0 Å². The van der Waals surface area contributed by atoms with Crippen molar-refractivity contribution in [1.82, 2.24) is 0 Å². The summed E-state index contributed by atoms with van der Waals surface area (Å²) < 4.78 is 0. The predicted octanol–water partition coefficient (Wildman–Crippen LogP) is 3.11. The summed E-state index contributed by atoms with van der Waals surface area (Å²) in [7, 11) is 0. The summed E-state index contributed by atoms with van der Waals surface area (Å²) in [5, 5.41) is 0.690. The van der Waals surface area contributed by atoms with Crippen LogP contribution in [0.1, 0.15) is 10.4 Å². The van der Waals surface area contributed by atoms with Crippen LogP contribution in [0.4, 0.5) is 0 Å². The summed E-state index contributed by atoms with van der Waals surface area (Å²) in [6.07, 6.45) is 0. The smallest absolute Gasteiger partial charge is 0.248 e. The van der Waals surface area contributed by atoms with E-state index in [4.69, 9.17) is 17.3 Å². The number of hydrogen-bond donors (Lipinski definition) is 1. The SMILES string of the molecule is NC(=O)c1cccc(-c2ccc(Cl)cc2)c1. The van der Waals surface area contributed by atoms with Crippen LogP contribution in [0.5, 0.6) is 0 Å². The molecule has 0 spiro atoms. The molecule has 2 N–H and O–H groups in total. The van der Waals surface area contributed by atoms with Crippen LogP contribution in [0, 0.1) is 0 Å². The summed E-state index contributed by atoms with van der Waals surface area (Å²) in [6.45, 7) is 0. The van der Waals surface area contributed by atoms with Gasteiger partial charge in [-0.1, -0.05) is 35.9 Å². The molecule has 0 heterocycles. The molecule has 0 aliphatic heterocycles. The lowest BCUT2D eigenvalue weighted by molar-refractivity contribution is 0.100. The van der Waals surface area contributed by atoms with Gasteiger partial charge in [0.05, 0.1) is 0 Å². The second-order valence-corrected chi connectivity index (χ2v) is 3.89. The molecule has 80 valence electrons. The van der Waals surface area contributed by atoms with E-state index in [1.165, 1.54) is 0 Å². The van der Waals surface area contributed by atoms with Gasteiger partial charge >= 0.3 is 0 Å². The highest BCUT2D eigenvalue weighted by Gasteiger charge is 2.02. The number of carbonyl (C=O) groups excluding carboxylic acids is 1. The normalized spacial score (nSPS) is 10.1. The maximum absolute atomic E-state index is 11.0. The maximum Gasteiger partial charge on any atom is 0.248 e. The third-order valence-corrected chi connectivity index (χ3v) is 2.58. The molecule has 0 radical (unpaired) electrons. The standard InChI is InChI=1S/C13H10ClNO/c14-12-6-4-9(5-7-12)10-2-1-3-11(8-10)13(15)16/h1-8H,(H2,15,16). The molecule has 0 atom stereocenters. The van der Waals surface area contributed by atoms with E-state index in [9.17, 15) is 4.79 Å². The molecule has 2 rings (SSSR count). The van der Waals surface area contributed by atoms with Gasteiger partial charge in [-0.25, -0.2) is 0 Å². The van der Waals surface area contributed by atoms with Crippen LogP contribution in [-0.4, -0.2) is 5.91 Å². The van der Waals surface area contributed by atoms with Crippen LogP contribution in [0.3, 0.4) is 0 Å². The number of nitrogens with two attached hydrogens (primary N) is 1. The fourth-order valence-electron chi connectivity index (χ4n) is 1.49. The third kappa shape index (κ3) is 2.23. The first-order valence-corrected chi connectivity index (χ1v) is 5.20. The molecule has 1 amide bonds. The van der Waals surface area contributed by atoms with E-state index >= 15 is 0 Å². The molecule has 16 heavy (non-hydrogen) atoms. The van der Waals surface area contributed by atoms with Crippen molar-refractivity contribution in [2.75, 3.05) is 0 Å². The Balaban J connectivity index is 2.44. The Labute approximate surface area is 98.7 Å². The number of benzene rings is 2. The van der Waals surface area contributed by atoms with Gasteiger partial charge in [-0.2, -0.15) is 0 Å². The van der Waals surface area contributed by atoms with Crippen molar-refractivity contribution in [1.29, 1.82) is 0 Å². The summed E-state index contributed by atoms with van der Waals surface area (Å²) in [5.74, 6) is -0.421. The average Bonchev–Trinajstić information content (AvgIpc) is 2.30. The van der Waals surface area contributed by atoms with E-state index in [1.807, 2.05) is 36.4 Å². The van der Waals surface area contributed by atoms with Gasteiger partial charge in [0.2, 0.25) is 5.91 Å². The minimum absolute atomic E-state index is 0.421. The Morgan fingerprint density at radius 3 is 2.31 bits per heavy atom. The molecular formula is C13H10ClNO. The Hall–Kier alpha value is -1.80. The molecule has 2 aromatic rings. The number of primary amides is 1. The first kappa shape index (κ1) is 10.7. The summed E-state index contributed by atoms with van der Waals surface area (Å²) >= 11 is 5.81. The lowest BCUT2D eigenvalue weighted by Gasteiger charge is -2.03. The Kier molecular flexibility index (Phi) is 2.93. The minimum Gasteiger partial charge on any atom is -0.366 e. The zero-order chi connectivity index (χ0) is 11.5. The first-order chi connectivity index (χ1) is 7.66.